The molecule has 92 valence electrons. The number of esters is 1. The molecule has 4 heteroatoms. The first-order chi connectivity index (χ1) is 8.26. The van der Waals surface area contributed by atoms with Crippen molar-refractivity contribution in [1.82, 2.24) is 4.98 Å². The summed E-state index contributed by atoms with van der Waals surface area (Å²) in [6.07, 6.45) is 1.78. The third kappa shape index (κ3) is 2.63. The van der Waals surface area contributed by atoms with E-state index in [1.807, 2.05) is 31.7 Å². The summed E-state index contributed by atoms with van der Waals surface area (Å²) < 4.78 is 5.08. The number of nitrogens with zero attached hydrogens (tertiary/aromatic N) is 1. The zero-order chi connectivity index (χ0) is 12.3. The van der Waals surface area contributed by atoms with Crippen LogP contribution in [0.1, 0.15) is 41.2 Å². The highest BCUT2D eigenvalue weighted by atomic mass is 32.2. The van der Waals surface area contributed by atoms with Gasteiger partial charge in [-0.05, 0) is 37.1 Å². The molecule has 0 amide bonds. The topological polar surface area (TPSA) is 39.2 Å². The van der Waals surface area contributed by atoms with Crippen molar-refractivity contribution < 1.29 is 9.53 Å². The quantitative estimate of drug-likeness (QED) is 0.774. The molecule has 0 radical (unpaired) electrons. The minimum atomic E-state index is -0.241. The van der Waals surface area contributed by atoms with Crippen molar-refractivity contribution in [3.05, 3.63) is 28.6 Å². The second-order valence-corrected chi connectivity index (χ2v) is 5.07. The molecule has 0 spiro atoms. The lowest BCUT2D eigenvalue weighted by Crippen LogP contribution is -2.14. The highest BCUT2D eigenvalue weighted by Crippen LogP contribution is 2.25. The highest BCUT2D eigenvalue weighted by molar-refractivity contribution is 7.98. The Labute approximate surface area is 106 Å². The SMILES string of the molecule is CCOC(=O)c1cc2c(nc1CC)CCSC2. The predicted molar refractivity (Wildman–Crippen MR) is 69.4 cm³/mol. The van der Waals surface area contributed by atoms with E-state index in [9.17, 15) is 4.79 Å². The van der Waals surface area contributed by atoms with Crippen LogP contribution in [-0.4, -0.2) is 23.3 Å². The number of rotatable bonds is 3. The molecule has 0 unspecified atom stereocenters. The monoisotopic (exact) mass is 251 g/mol. The van der Waals surface area contributed by atoms with Gasteiger partial charge in [0.2, 0.25) is 0 Å². The van der Waals surface area contributed by atoms with E-state index in [1.54, 1.807) is 0 Å². The lowest BCUT2D eigenvalue weighted by molar-refractivity contribution is 0.0524. The molecule has 2 heterocycles. The van der Waals surface area contributed by atoms with Crippen molar-refractivity contribution in [3.63, 3.8) is 0 Å². The van der Waals surface area contributed by atoms with Gasteiger partial charge in [0.05, 0.1) is 17.9 Å². The summed E-state index contributed by atoms with van der Waals surface area (Å²) >= 11 is 1.89. The smallest absolute Gasteiger partial charge is 0.339 e. The third-order valence-electron chi connectivity index (χ3n) is 2.84. The zero-order valence-corrected chi connectivity index (χ0v) is 11.1. The number of carbonyl (C=O) groups is 1. The van der Waals surface area contributed by atoms with Crippen molar-refractivity contribution in [2.24, 2.45) is 0 Å². The number of ether oxygens (including phenoxy) is 1. The minimum absolute atomic E-state index is 0.241. The average Bonchev–Trinajstić information content (AvgIpc) is 2.37. The molecule has 0 bridgehead atoms. The fraction of sp³-hybridized carbons (Fsp3) is 0.538. The normalized spacial score (nSPS) is 14.2. The van der Waals surface area contributed by atoms with Crippen LogP contribution in [0.3, 0.4) is 0 Å². The van der Waals surface area contributed by atoms with Crippen molar-refractivity contribution >= 4 is 17.7 Å². The molecule has 3 nitrogen and oxygen atoms in total. The molecule has 2 rings (SSSR count). The van der Waals surface area contributed by atoms with E-state index < -0.39 is 0 Å². The highest BCUT2D eigenvalue weighted by Gasteiger charge is 2.19. The summed E-state index contributed by atoms with van der Waals surface area (Å²) in [5, 5.41) is 0. The molecule has 0 saturated heterocycles. The standard InChI is InChI=1S/C13H17NO2S/c1-3-11-10(13(15)16-4-2)7-9-8-17-6-5-12(9)14-11/h7H,3-6,8H2,1-2H3. The van der Waals surface area contributed by atoms with Crippen LogP contribution in [0.15, 0.2) is 6.07 Å². The number of hydrogen-bond donors (Lipinski definition) is 0. The largest absolute Gasteiger partial charge is 0.462 e. The fourth-order valence-electron chi connectivity index (χ4n) is 1.98. The molecule has 0 aromatic carbocycles. The molecule has 17 heavy (non-hydrogen) atoms. The van der Waals surface area contributed by atoms with Crippen LogP contribution >= 0.6 is 11.8 Å². The molecule has 0 saturated carbocycles. The third-order valence-corrected chi connectivity index (χ3v) is 3.85. The Kier molecular flexibility index (Phi) is 4.05. The lowest BCUT2D eigenvalue weighted by Gasteiger charge is -2.17. The molecule has 1 aromatic heterocycles. The maximum atomic E-state index is 11.8. The maximum absolute atomic E-state index is 11.8. The number of aromatic nitrogens is 1. The molecule has 0 atom stereocenters. The predicted octanol–water partition coefficient (Wildman–Crippen LogP) is 2.61. The summed E-state index contributed by atoms with van der Waals surface area (Å²) in [6, 6.07) is 1.98. The van der Waals surface area contributed by atoms with Gasteiger partial charge < -0.3 is 4.74 Å². The Morgan fingerprint density at radius 1 is 1.53 bits per heavy atom. The first-order valence-electron chi connectivity index (χ1n) is 6.02. The van der Waals surface area contributed by atoms with E-state index >= 15 is 0 Å². The van der Waals surface area contributed by atoms with Crippen LogP contribution in [0.5, 0.6) is 0 Å². The van der Waals surface area contributed by atoms with Crippen LogP contribution in [0.25, 0.3) is 0 Å². The van der Waals surface area contributed by atoms with Crippen LogP contribution in [0.2, 0.25) is 0 Å². The van der Waals surface area contributed by atoms with E-state index in [-0.39, 0.29) is 5.97 Å². The van der Waals surface area contributed by atoms with Gasteiger partial charge in [0, 0.05) is 11.4 Å². The zero-order valence-electron chi connectivity index (χ0n) is 10.3. The summed E-state index contributed by atoms with van der Waals surface area (Å²) in [6.45, 7) is 4.26. The van der Waals surface area contributed by atoms with E-state index in [0.717, 1.165) is 35.7 Å². The van der Waals surface area contributed by atoms with Crippen molar-refractivity contribution in [1.29, 1.82) is 0 Å². The van der Waals surface area contributed by atoms with Gasteiger partial charge in [-0.2, -0.15) is 11.8 Å². The number of pyridine rings is 1. The molecule has 1 aromatic rings. The Hall–Kier alpha value is -1.03. The van der Waals surface area contributed by atoms with Crippen molar-refractivity contribution in [2.45, 2.75) is 32.4 Å². The van der Waals surface area contributed by atoms with Gasteiger partial charge in [0.15, 0.2) is 0 Å². The molecule has 1 aliphatic rings. The minimum Gasteiger partial charge on any atom is -0.462 e. The molecular formula is C13H17NO2S. The number of thioether (sulfide) groups is 1. The molecule has 0 aliphatic carbocycles. The summed E-state index contributed by atoms with van der Waals surface area (Å²) in [4.78, 5) is 16.5. The van der Waals surface area contributed by atoms with E-state index in [1.165, 1.54) is 5.56 Å². The van der Waals surface area contributed by atoms with Crippen LogP contribution in [0, 0.1) is 0 Å². The maximum Gasteiger partial charge on any atom is 0.339 e. The summed E-state index contributed by atoms with van der Waals surface area (Å²) in [7, 11) is 0. The van der Waals surface area contributed by atoms with Crippen molar-refractivity contribution in [3.8, 4) is 0 Å². The van der Waals surface area contributed by atoms with Gasteiger partial charge >= 0.3 is 5.97 Å². The van der Waals surface area contributed by atoms with Crippen LogP contribution < -0.4 is 0 Å². The molecular weight excluding hydrogens is 234 g/mol. The number of fused-ring (bicyclic) bond motifs is 1. The molecule has 0 N–H and O–H groups in total. The van der Waals surface area contributed by atoms with Gasteiger partial charge in [-0.3, -0.25) is 4.98 Å². The molecule has 1 aliphatic heterocycles. The Bertz CT molecular complexity index is 432. The van der Waals surface area contributed by atoms with Gasteiger partial charge in [0.25, 0.3) is 0 Å². The van der Waals surface area contributed by atoms with E-state index in [0.29, 0.717) is 12.2 Å². The summed E-state index contributed by atoms with van der Waals surface area (Å²) in [5.74, 6) is 1.84. The van der Waals surface area contributed by atoms with Crippen molar-refractivity contribution in [2.75, 3.05) is 12.4 Å². The Morgan fingerprint density at radius 3 is 3.06 bits per heavy atom. The first-order valence-corrected chi connectivity index (χ1v) is 7.18. The van der Waals surface area contributed by atoms with Gasteiger partial charge in [-0.25, -0.2) is 4.79 Å². The Morgan fingerprint density at radius 2 is 2.35 bits per heavy atom. The number of carbonyl (C=O) groups excluding carboxylic acids is 1. The average molecular weight is 251 g/mol. The van der Waals surface area contributed by atoms with Crippen LogP contribution in [0.4, 0.5) is 0 Å². The van der Waals surface area contributed by atoms with Gasteiger partial charge in [0.1, 0.15) is 0 Å². The second-order valence-electron chi connectivity index (χ2n) is 3.97. The first kappa shape index (κ1) is 12.4. The Balaban J connectivity index is 2.39. The van der Waals surface area contributed by atoms with E-state index in [4.69, 9.17) is 4.74 Å². The lowest BCUT2D eigenvalue weighted by atomic mass is 10.1. The summed E-state index contributed by atoms with van der Waals surface area (Å²) in [5.41, 5.74) is 3.87. The van der Waals surface area contributed by atoms with E-state index in [2.05, 4.69) is 4.98 Å². The van der Waals surface area contributed by atoms with Gasteiger partial charge in [-0.15, -0.1) is 0 Å². The number of aryl methyl sites for hydroxylation is 2. The van der Waals surface area contributed by atoms with Gasteiger partial charge in [-0.1, -0.05) is 6.92 Å². The number of hydrogen-bond acceptors (Lipinski definition) is 4. The fourth-order valence-corrected chi connectivity index (χ4v) is 2.94. The van der Waals surface area contributed by atoms with Crippen LogP contribution in [-0.2, 0) is 23.3 Å². The second kappa shape index (κ2) is 5.54. The molecule has 0 fully saturated rings.